The molecule has 1 aromatic heterocycles. The zero-order valence-electron chi connectivity index (χ0n) is 18.9. The third-order valence-corrected chi connectivity index (χ3v) is 5.79. The molecule has 0 fully saturated rings. The molecule has 0 radical (unpaired) electrons. The molecule has 0 atom stereocenters. The predicted octanol–water partition coefficient (Wildman–Crippen LogP) is 5.34. The molecule has 0 amide bonds. The molecule has 0 aliphatic rings. The molecule has 3 rings (SSSR count). The van der Waals surface area contributed by atoms with E-state index in [9.17, 15) is 13.2 Å². The molecular formula is C23H23F3IN3O4. The van der Waals surface area contributed by atoms with Crippen LogP contribution in [0.2, 0.25) is 0 Å². The number of hydrogen-bond acceptors (Lipinski definition) is 7. The second-order valence-corrected chi connectivity index (χ2v) is 8.29. The first kappa shape index (κ1) is 25.7. The highest BCUT2D eigenvalue weighted by molar-refractivity contribution is 14.1. The van der Waals surface area contributed by atoms with Gasteiger partial charge in [0.2, 0.25) is 0 Å². The number of rotatable bonds is 9. The van der Waals surface area contributed by atoms with Crippen molar-refractivity contribution in [2.45, 2.75) is 19.3 Å². The zero-order chi connectivity index (χ0) is 24.9. The fourth-order valence-corrected chi connectivity index (χ4v) is 4.02. The maximum atomic E-state index is 13.2. The van der Waals surface area contributed by atoms with Crippen LogP contribution in [0.4, 0.5) is 19.0 Å². The average molecular weight is 589 g/mol. The summed E-state index contributed by atoms with van der Waals surface area (Å²) >= 11 is 1.63. The summed E-state index contributed by atoms with van der Waals surface area (Å²) in [5.74, 6) is 2.52. The standard InChI is InChI=1S/C23H23F3IN3O4/c1-31-17-7-5-14(9-19(17)33-3)12-30(13-15-6-8-18(32-2)20(10-15)34-4)21-11-16(27)22(29-28-21)23(24,25)26/h5-11H,12-13H2,1-4H3. The summed E-state index contributed by atoms with van der Waals surface area (Å²) in [6.07, 6.45) is -4.58. The van der Waals surface area contributed by atoms with E-state index in [4.69, 9.17) is 18.9 Å². The Labute approximate surface area is 208 Å². The fourth-order valence-electron chi connectivity index (χ4n) is 3.32. The zero-order valence-corrected chi connectivity index (χ0v) is 21.1. The summed E-state index contributed by atoms with van der Waals surface area (Å²) in [7, 11) is 6.15. The van der Waals surface area contributed by atoms with Crippen molar-refractivity contribution in [3.63, 3.8) is 0 Å². The Morgan fingerprint density at radius 1 is 0.735 bits per heavy atom. The molecule has 0 saturated heterocycles. The number of benzene rings is 2. The SMILES string of the molecule is COc1ccc(CN(Cc2ccc(OC)c(OC)c2)c2cc(I)c(C(F)(F)F)nn2)cc1OC. The fraction of sp³-hybridized carbons (Fsp3) is 0.304. The molecule has 11 heteroatoms. The molecule has 7 nitrogen and oxygen atoms in total. The number of aromatic nitrogens is 2. The van der Waals surface area contributed by atoms with Gasteiger partial charge < -0.3 is 23.8 Å². The van der Waals surface area contributed by atoms with Gasteiger partial charge in [-0.15, -0.1) is 10.2 Å². The monoisotopic (exact) mass is 589 g/mol. The Bertz CT molecular complexity index is 1090. The van der Waals surface area contributed by atoms with Gasteiger partial charge in [0.25, 0.3) is 0 Å². The van der Waals surface area contributed by atoms with Gasteiger partial charge in [0.15, 0.2) is 34.5 Å². The lowest BCUT2D eigenvalue weighted by Crippen LogP contribution is -2.25. The van der Waals surface area contributed by atoms with Crippen LogP contribution in [0.25, 0.3) is 0 Å². The number of alkyl halides is 3. The summed E-state index contributed by atoms with van der Waals surface area (Å²) in [5, 5.41) is 7.35. The number of halogens is 4. The van der Waals surface area contributed by atoms with Crippen LogP contribution in [0.15, 0.2) is 42.5 Å². The van der Waals surface area contributed by atoms with Crippen LogP contribution in [0, 0.1) is 3.57 Å². The van der Waals surface area contributed by atoms with Crippen LogP contribution in [0.1, 0.15) is 16.8 Å². The Hall–Kier alpha value is -2.96. The Kier molecular flexibility index (Phi) is 8.28. The van der Waals surface area contributed by atoms with Gasteiger partial charge in [0, 0.05) is 16.7 Å². The van der Waals surface area contributed by atoms with Gasteiger partial charge >= 0.3 is 6.18 Å². The maximum Gasteiger partial charge on any atom is 0.436 e. The van der Waals surface area contributed by atoms with E-state index in [1.54, 1.807) is 48.9 Å². The van der Waals surface area contributed by atoms with Crippen molar-refractivity contribution in [1.82, 2.24) is 10.2 Å². The van der Waals surface area contributed by atoms with Gasteiger partial charge in [-0.1, -0.05) is 12.1 Å². The number of nitrogens with zero attached hydrogens (tertiary/aromatic N) is 3. The molecule has 0 aliphatic heterocycles. The molecule has 0 aliphatic carbocycles. The second-order valence-electron chi connectivity index (χ2n) is 7.13. The number of methoxy groups -OCH3 is 4. The molecule has 34 heavy (non-hydrogen) atoms. The van der Waals surface area contributed by atoms with Crippen molar-refractivity contribution in [3.05, 3.63) is 62.9 Å². The van der Waals surface area contributed by atoms with Crippen LogP contribution in [-0.2, 0) is 19.3 Å². The first-order valence-electron chi connectivity index (χ1n) is 9.97. The number of anilines is 1. The van der Waals surface area contributed by atoms with Gasteiger partial charge in [-0.2, -0.15) is 13.2 Å². The molecular weight excluding hydrogens is 566 g/mol. The van der Waals surface area contributed by atoms with Crippen molar-refractivity contribution in [1.29, 1.82) is 0 Å². The molecule has 2 aromatic carbocycles. The molecule has 0 saturated carbocycles. The van der Waals surface area contributed by atoms with Crippen molar-refractivity contribution < 1.29 is 32.1 Å². The number of hydrogen-bond donors (Lipinski definition) is 0. The van der Waals surface area contributed by atoms with E-state index in [-0.39, 0.29) is 3.57 Å². The molecule has 0 spiro atoms. The third kappa shape index (κ3) is 5.93. The quantitative estimate of drug-likeness (QED) is 0.313. The Balaban J connectivity index is 2.01. The lowest BCUT2D eigenvalue weighted by Gasteiger charge is -2.25. The van der Waals surface area contributed by atoms with Crippen molar-refractivity contribution in [2.75, 3.05) is 33.3 Å². The molecule has 0 N–H and O–H groups in total. The molecule has 1 heterocycles. The smallest absolute Gasteiger partial charge is 0.436 e. The van der Waals surface area contributed by atoms with Crippen molar-refractivity contribution >= 4 is 28.4 Å². The van der Waals surface area contributed by atoms with E-state index in [0.29, 0.717) is 41.9 Å². The summed E-state index contributed by atoms with van der Waals surface area (Å²) in [6.45, 7) is 0.648. The Morgan fingerprint density at radius 3 is 1.59 bits per heavy atom. The highest BCUT2D eigenvalue weighted by Gasteiger charge is 2.36. The molecule has 0 bridgehead atoms. The van der Waals surface area contributed by atoms with E-state index < -0.39 is 11.9 Å². The van der Waals surface area contributed by atoms with Gasteiger partial charge in [-0.25, -0.2) is 0 Å². The minimum absolute atomic E-state index is 0.0419. The minimum atomic E-state index is -4.58. The molecule has 182 valence electrons. The second kappa shape index (κ2) is 11.0. The lowest BCUT2D eigenvalue weighted by molar-refractivity contribution is -0.142. The van der Waals surface area contributed by atoms with E-state index in [1.165, 1.54) is 20.3 Å². The van der Waals surface area contributed by atoms with Crippen molar-refractivity contribution in [3.8, 4) is 23.0 Å². The topological polar surface area (TPSA) is 65.9 Å². The van der Waals surface area contributed by atoms with Crippen LogP contribution in [-0.4, -0.2) is 38.6 Å². The van der Waals surface area contributed by atoms with E-state index >= 15 is 0 Å². The third-order valence-electron chi connectivity index (χ3n) is 4.97. The van der Waals surface area contributed by atoms with Crippen LogP contribution < -0.4 is 23.8 Å². The summed E-state index contributed by atoms with van der Waals surface area (Å²) < 4.78 is 60.9. The first-order chi connectivity index (χ1) is 16.2. The minimum Gasteiger partial charge on any atom is -0.493 e. The van der Waals surface area contributed by atoms with Gasteiger partial charge in [0.05, 0.1) is 28.4 Å². The lowest BCUT2D eigenvalue weighted by atomic mass is 10.1. The highest BCUT2D eigenvalue weighted by Crippen LogP contribution is 2.34. The highest BCUT2D eigenvalue weighted by atomic mass is 127. The van der Waals surface area contributed by atoms with Gasteiger partial charge in [-0.3, -0.25) is 0 Å². The van der Waals surface area contributed by atoms with E-state index in [0.717, 1.165) is 11.1 Å². The average Bonchev–Trinajstić information content (AvgIpc) is 2.82. The van der Waals surface area contributed by atoms with Gasteiger partial charge in [-0.05, 0) is 64.0 Å². The van der Waals surface area contributed by atoms with E-state index in [1.807, 2.05) is 29.2 Å². The summed E-state index contributed by atoms with van der Waals surface area (Å²) in [4.78, 5) is 1.82. The summed E-state index contributed by atoms with van der Waals surface area (Å²) in [6, 6.07) is 12.2. The van der Waals surface area contributed by atoms with Gasteiger partial charge in [0.1, 0.15) is 0 Å². The molecule has 0 unspecified atom stereocenters. The molecule has 3 aromatic rings. The maximum absolute atomic E-state index is 13.2. The first-order valence-corrected chi connectivity index (χ1v) is 11.0. The summed E-state index contributed by atoms with van der Waals surface area (Å²) in [5.41, 5.74) is 0.665. The number of ether oxygens (including phenoxy) is 4. The van der Waals surface area contributed by atoms with Crippen LogP contribution in [0.3, 0.4) is 0 Å². The van der Waals surface area contributed by atoms with Crippen LogP contribution >= 0.6 is 22.6 Å². The predicted molar refractivity (Wildman–Crippen MR) is 129 cm³/mol. The largest absolute Gasteiger partial charge is 0.493 e. The van der Waals surface area contributed by atoms with Crippen molar-refractivity contribution in [2.24, 2.45) is 0 Å². The van der Waals surface area contributed by atoms with E-state index in [2.05, 4.69) is 10.2 Å². The van der Waals surface area contributed by atoms with Crippen LogP contribution in [0.5, 0.6) is 23.0 Å². The normalized spacial score (nSPS) is 11.2. The Morgan fingerprint density at radius 2 is 1.21 bits per heavy atom.